The van der Waals surface area contributed by atoms with Gasteiger partial charge in [-0.1, -0.05) is 18.2 Å². The van der Waals surface area contributed by atoms with Crippen molar-refractivity contribution < 1.29 is 4.79 Å². The molecular formula is C19H21N5O. The average Bonchev–Trinajstić information content (AvgIpc) is 2.98. The molecule has 25 heavy (non-hydrogen) atoms. The fourth-order valence-corrected chi connectivity index (χ4v) is 3.46. The topological polar surface area (TPSA) is 63.1 Å². The summed E-state index contributed by atoms with van der Waals surface area (Å²) in [7, 11) is 1.84. The molecule has 0 radical (unpaired) electrons. The standard InChI is InChI=1S/C19H21N5O/c1-23-18(16-4-2-3-5-17(16)22-23)19(25)24-12-8-15(9-13-24)21-14-6-10-20-11-7-14/h2-7,10-11,15H,8-9,12-13H2,1H3,(H,20,21). The Kier molecular flexibility index (Phi) is 4.09. The highest BCUT2D eigenvalue weighted by atomic mass is 16.2. The van der Waals surface area contributed by atoms with Crippen molar-refractivity contribution >= 4 is 22.5 Å². The fourth-order valence-electron chi connectivity index (χ4n) is 3.46. The Morgan fingerprint density at radius 2 is 1.84 bits per heavy atom. The van der Waals surface area contributed by atoms with Crippen LogP contribution in [-0.4, -0.2) is 44.7 Å². The maximum absolute atomic E-state index is 13.0. The van der Waals surface area contributed by atoms with E-state index in [1.54, 1.807) is 17.1 Å². The number of aromatic nitrogens is 3. The first kappa shape index (κ1) is 15.6. The molecule has 1 saturated heterocycles. The third kappa shape index (κ3) is 3.07. The number of hydrogen-bond donors (Lipinski definition) is 1. The summed E-state index contributed by atoms with van der Waals surface area (Å²) in [4.78, 5) is 19.0. The zero-order valence-corrected chi connectivity index (χ0v) is 14.2. The summed E-state index contributed by atoms with van der Waals surface area (Å²) in [6.45, 7) is 1.50. The Morgan fingerprint density at radius 1 is 1.12 bits per heavy atom. The van der Waals surface area contributed by atoms with E-state index in [9.17, 15) is 4.79 Å². The van der Waals surface area contributed by atoms with Crippen molar-refractivity contribution in [3.05, 3.63) is 54.5 Å². The minimum atomic E-state index is 0.0681. The second kappa shape index (κ2) is 6.55. The fraction of sp³-hybridized carbons (Fsp3) is 0.316. The van der Waals surface area contributed by atoms with Gasteiger partial charge >= 0.3 is 0 Å². The maximum atomic E-state index is 13.0. The van der Waals surface area contributed by atoms with Crippen LogP contribution in [0.2, 0.25) is 0 Å². The number of aryl methyl sites for hydroxylation is 1. The van der Waals surface area contributed by atoms with E-state index in [4.69, 9.17) is 0 Å². The van der Waals surface area contributed by atoms with Crippen molar-refractivity contribution in [2.45, 2.75) is 18.9 Å². The van der Waals surface area contributed by atoms with Crippen LogP contribution in [0.15, 0.2) is 48.8 Å². The largest absolute Gasteiger partial charge is 0.382 e. The summed E-state index contributed by atoms with van der Waals surface area (Å²) in [5.41, 5.74) is 2.62. The molecule has 128 valence electrons. The first-order chi connectivity index (χ1) is 12.2. The van der Waals surface area contributed by atoms with Gasteiger partial charge in [-0.15, -0.1) is 0 Å². The number of hydrogen-bond acceptors (Lipinski definition) is 4. The van der Waals surface area contributed by atoms with E-state index in [2.05, 4.69) is 15.4 Å². The summed E-state index contributed by atoms with van der Waals surface area (Å²) in [6.07, 6.45) is 5.44. The van der Waals surface area contributed by atoms with Gasteiger partial charge in [-0.3, -0.25) is 14.5 Å². The number of likely N-dealkylation sites (tertiary alicyclic amines) is 1. The Bertz CT molecular complexity index is 881. The zero-order valence-electron chi connectivity index (χ0n) is 14.2. The van der Waals surface area contributed by atoms with Crippen molar-refractivity contribution in [2.24, 2.45) is 7.05 Å². The lowest BCUT2D eigenvalue weighted by Gasteiger charge is -2.33. The predicted molar refractivity (Wildman–Crippen MR) is 97.5 cm³/mol. The molecule has 6 nitrogen and oxygen atoms in total. The molecule has 2 aromatic heterocycles. The van der Waals surface area contributed by atoms with Crippen molar-refractivity contribution in [3.8, 4) is 0 Å². The van der Waals surface area contributed by atoms with Crippen LogP contribution in [0.4, 0.5) is 5.69 Å². The van der Waals surface area contributed by atoms with Crippen molar-refractivity contribution in [1.82, 2.24) is 19.7 Å². The number of carbonyl (C=O) groups excluding carboxylic acids is 1. The second-order valence-corrected chi connectivity index (χ2v) is 6.44. The highest BCUT2D eigenvalue weighted by Gasteiger charge is 2.26. The van der Waals surface area contributed by atoms with E-state index in [0.717, 1.165) is 42.5 Å². The lowest BCUT2D eigenvalue weighted by Crippen LogP contribution is -2.43. The van der Waals surface area contributed by atoms with Gasteiger partial charge in [0.15, 0.2) is 0 Å². The molecule has 1 N–H and O–H groups in total. The summed E-state index contributed by atoms with van der Waals surface area (Å²) in [5, 5.41) is 8.89. The Balaban J connectivity index is 1.45. The molecule has 4 rings (SSSR count). The van der Waals surface area contributed by atoms with Gasteiger partial charge in [0, 0.05) is 49.6 Å². The van der Waals surface area contributed by atoms with E-state index in [0.29, 0.717) is 11.7 Å². The van der Waals surface area contributed by atoms with Crippen LogP contribution in [0, 0.1) is 0 Å². The summed E-state index contributed by atoms with van der Waals surface area (Å²) in [6, 6.07) is 12.1. The van der Waals surface area contributed by atoms with Gasteiger partial charge in [-0.05, 0) is 31.0 Å². The van der Waals surface area contributed by atoms with E-state index < -0.39 is 0 Å². The summed E-state index contributed by atoms with van der Waals surface area (Å²) >= 11 is 0. The number of carbonyl (C=O) groups is 1. The number of anilines is 1. The summed E-state index contributed by atoms with van der Waals surface area (Å²) < 4.78 is 1.70. The second-order valence-electron chi connectivity index (χ2n) is 6.44. The van der Waals surface area contributed by atoms with Crippen LogP contribution in [0.5, 0.6) is 0 Å². The quantitative estimate of drug-likeness (QED) is 0.799. The first-order valence-electron chi connectivity index (χ1n) is 8.60. The Labute approximate surface area is 146 Å². The van der Waals surface area contributed by atoms with Gasteiger partial charge in [0.1, 0.15) is 5.69 Å². The zero-order chi connectivity index (χ0) is 17.2. The lowest BCUT2D eigenvalue weighted by molar-refractivity contribution is 0.0709. The molecule has 6 heteroatoms. The molecule has 0 bridgehead atoms. The van der Waals surface area contributed by atoms with Gasteiger partial charge in [0.25, 0.3) is 5.91 Å². The van der Waals surface area contributed by atoms with Gasteiger partial charge in [-0.25, -0.2) is 0 Å². The molecule has 0 unspecified atom stereocenters. The molecule has 3 heterocycles. The molecule has 1 aliphatic heterocycles. The Morgan fingerprint density at radius 3 is 2.60 bits per heavy atom. The smallest absolute Gasteiger partial charge is 0.272 e. The van der Waals surface area contributed by atoms with Crippen LogP contribution in [0.3, 0.4) is 0 Å². The first-order valence-corrected chi connectivity index (χ1v) is 8.60. The van der Waals surface area contributed by atoms with Gasteiger partial charge in [0.2, 0.25) is 0 Å². The number of benzene rings is 1. The van der Waals surface area contributed by atoms with Crippen LogP contribution >= 0.6 is 0 Å². The van der Waals surface area contributed by atoms with E-state index >= 15 is 0 Å². The molecule has 1 fully saturated rings. The average molecular weight is 335 g/mol. The van der Waals surface area contributed by atoms with Crippen molar-refractivity contribution in [2.75, 3.05) is 18.4 Å². The number of nitrogens with one attached hydrogen (secondary N) is 1. The predicted octanol–water partition coefficient (Wildman–Crippen LogP) is 2.69. The number of nitrogens with zero attached hydrogens (tertiary/aromatic N) is 4. The molecule has 3 aromatic rings. The normalized spacial score (nSPS) is 15.5. The number of pyridine rings is 1. The van der Waals surface area contributed by atoms with Crippen molar-refractivity contribution in [3.63, 3.8) is 0 Å². The molecule has 0 atom stereocenters. The molecule has 1 aromatic carbocycles. The third-order valence-electron chi connectivity index (χ3n) is 4.78. The Hall–Kier alpha value is -2.89. The van der Waals surface area contributed by atoms with Gasteiger partial charge in [0.05, 0.1) is 5.52 Å². The lowest BCUT2D eigenvalue weighted by atomic mass is 10.0. The number of amides is 1. The van der Waals surface area contributed by atoms with Crippen LogP contribution < -0.4 is 5.32 Å². The molecule has 1 aliphatic rings. The SMILES string of the molecule is Cn1nc2ccccc2c1C(=O)N1CCC(Nc2ccncc2)CC1. The number of piperidine rings is 1. The highest BCUT2D eigenvalue weighted by Crippen LogP contribution is 2.22. The van der Waals surface area contributed by atoms with Gasteiger partial charge < -0.3 is 10.2 Å². The molecule has 1 amide bonds. The number of rotatable bonds is 3. The molecular weight excluding hydrogens is 314 g/mol. The van der Waals surface area contributed by atoms with Crippen LogP contribution in [-0.2, 0) is 7.05 Å². The highest BCUT2D eigenvalue weighted by molar-refractivity contribution is 6.05. The van der Waals surface area contributed by atoms with E-state index in [1.807, 2.05) is 48.3 Å². The maximum Gasteiger partial charge on any atom is 0.272 e. The molecule has 0 saturated carbocycles. The number of fused-ring (bicyclic) bond motifs is 1. The monoisotopic (exact) mass is 335 g/mol. The van der Waals surface area contributed by atoms with Crippen LogP contribution in [0.1, 0.15) is 23.3 Å². The molecule has 0 spiro atoms. The van der Waals surface area contributed by atoms with Crippen molar-refractivity contribution in [1.29, 1.82) is 0 Å². The van der Waals surface area contributed by atoms with Crippen LogP contribution in [0.25, 0.3) is 10.9 Å². The molecule has 0 aliphatic carbocycles. The van der Waals surface area contributed by atoms with E-state index in [1.165, 1.54) is 0 Å². The minimum absolute atomic E-state index is 0.0681. The minimum Gasteiger partial charge on any atom is -0.382 e. The third-order valence-corrected chi connectivity index (χ3v) is 4.78. The summed E-state index contributed by atoms with van der Waals surface area (Å²) in [5.74, 6) is 0.0681. The van der Waals surface area contributed by atoms with Gasteiger partial charge in [-0.2, -0.15) is 5.10 Å². The van der Waals surface area contributed by atoms with E-state index in [-0.39, 0.29) is 5.91 Å².